The summed E-state index contributed by atoms with van der Waals surface area (Å²) in [5.74, 6) is -0.849. The highest BCUT2D eigenvalue weighted by atomic mass is 32.2. The Bertz CT molecular complexity index is 573. The van der Waals surface area contributed by atoms with Crippen molar-refractivity contribution in [2.75, 3.05) is 26.3 Å². The van der Waals surface area contributed by atoms with Gasteiger partial charge in [0.15, 0.2) is 4.75 Å². The third-order valence-electron chi connectivity index (χ3n) is 5.66. The molecule has 0 radical (unpaired) electrons. The summed E-state index contributed by atoms with van der Waals surface area (Å²) in [7, 11) is -3.88. The van der Waals surface area contributed by atoms with Gasteiger partial charge in [0.2, 0.25) is 10.0 Å². The van der Waals surface area contributed by atoms with Crippen LogP contribution < -0.4 is 0 Å². The molecule has 0 bridgehead atoms. The summed E-state index contributed by atoms with van der Waals surface area (Å²) in [5, 5.41) is 9.64. The predicted molar refractivity (Wildman–Crippen MR) is 102 cm³/mol. The van der Waals surface area contributed by atoms with E-state index in [4.69, 9.17) is 4.74 Å². The SMILES string of the molecule is CCCCCC/C=C/C1CCN(S(=O)(=O)C2(C(=O)O)CCOCC2)CC1. The number of hydrogen-bond acceptors (Lipinski definition) is 4. The number of hydrogen-bond donors (Lipinski definition) is 1. The number of carbonyl (C=O) groups is 1. The Balaban J connectivity index is 1.89. The van der Waals surface area contributed by atoms with Crippen LogP contribution in [0, 0.1) is 5.92 Å². The van der Waals surface area contributed by atoms with Gasteiger partial charge in [-0.05, 0) is 31.6 Å². The summed E-state index contributed by atoms with van der Waals surface area (Å²) >= 11 is 0. The zero-order valence-corrected chi connectivity index (χ0v) is 16.7. The lowest BCUT2D eigenvalue weighted by molar-refractivity contribution is -0.142. The number of nitrogens with zero attached hydrogens (tertiary/aromatic N) is 1. The Hall–Kier alpha value is -0.920. The fourth-order valence-electron chi connectivity index (χ4n) is 3.82. The second-order valence-corrected chi connectivity index (χ2v) is 9.68. The van der Waals surface area contributed by atoms with Gasteiger partial charge in [-0.3, -0.25) is 4.79 Å². The Morgan fingerprint density at radius 2 is 1.85 bits per heavy atom. The zero-order valence-electron chi connectivity index (χ0n) is 15.9. The van der Waals surface area contributed by atoms with Crippen molar-refractivity contribution in [2.45, 2.75) is 69.5 Å². The molecule has 0 aromatic rings. The van der Waals surface area contributed by atoms with Crippen molar-refractivity contribution < 1.29 is 23.1 Å². The topological polar surface area (TPSA) is 83.9 Å². The van der Waals surface area contributed by atoms with Gasteiger partial charge < -0.3 is 9.84 Å². The molecule has 0 saturated carbocycles. The standard InChI is InChI=1S/C19H33NO5S/c1-2-3-4-5-6-7-8-17-9-13-20(14-10-17)26(23,24)19(18(21)22)11-15-25-16-12-19/h7-8,17H,2-6,9-16H2,1H3,(H,21,22)/b8-7+. The van der Waals surface area contributed by atoms with Crippen molar-refractivity contribution in [2.24, 2.45) is 5.92 Å². The van der Waals surface area contributed by atoms with E-state index < -0.39 is 20.7 Å². The highest BCUT2D eigenvalue weighted by molar-refractivity contribution is 7.91. The molecule has 0 unspecified atom stereocenters. The molecule has 0 spiro atoms. The first kappa shape index (κ1) is 21.4. The van der Waals surface area contributed by atoms with E-state index in [0.717, 1.165) is 19.3 Å². The molecule has 0 aromatic carbocycles. The maximum atomic E-state index is 13.0. The van der Waals surface area contributed by atoms with E-state index in [1.165, 1.54) is 30.0 Å². The van der Waals surface area contributed by atoms with Gasteiger partial charge in [0.05, 0.1) is 0 Å². The molecule has 0 aromatic heterocycles. The van der Waals surface area contributed by atoms with Gasteiger partial charge in [0, 0.05) is 39.1 Å². The first-order valence-corrected chi connectivity index (χ1v) is 11.4. The smallest absolute Gasteiger partial charge is 0.326 e. The molecule has 6 nitrogen and oxygen atoms in total. The number of allylic oxidation sites excluding steroid dienone is 2. The van der Waals surface area contributed by atoms with Crippen LogP contribution in [-0.2, 0) is 19.6 Å². The minimum absolute atomic E-state index is 0.0300. The molecule has 0 amide bonds. The van der Waals surface area contributed by atoms with E-state index in [2.05, 4.69) is 19.1 Å². The van der Waals surface area contributed by atoms with Gasteiger partial charge in [-0.2, -0.15) is 0 Å². The number of aliphatic carboxylic acids is 1. The number of carboxylic acids is 1. The second kappa shape index (κ2) is 9.85. The van der Waals surface area contributed by atoms with Gasteiger partial charge in [-0.15, -0.1) is 0 Å². The minimum Gasteiger partial charge on any atom is -0.480 e. The molecule has 2 aliphatic heterocycles. The van der Waals surface area contributed by atoms with Gasteiger partial charge in [0.1, 0.15) is 0 Å². The van der Waals surface area contributed by atoms with Gasteiger partial charge in [-0.25, -0.2) is 12.7 Å². The van der Waals surface area contributed by atoms with Crippen LogP contribution in [0.3, 0.4) is 0 Å². The van der Waals surface area contributed by atoms with Gasteiger partial charge in [0.25, 0.3) is 0 Å². The number of rotatable bonds is 9. The fraction of sp³-hybridized carbons (Fsp3) is 0.842. The van der Waals surface area contributed by atoms with Crippen LogP contribution in [0.15, 0.2) is 12.2 Å². The maximum absolute atomic E-state index is 13.0. The summed E-state index contributed by atoms with van der Waals surface area (Å²) in [4.78, 5) is 11.8. The van der Waals surface area contributed by atoms with E-state index >= 15 is 0 Å². The number of sulfonamides is 1. The van der Waals surface area contributed by atoms with Crippen LogP contribution in [0.5, 0.6) is 0 Å². The van der Waals surface area contributed by atoms with Crippen molar-refractivity contribution in [3.8, 4) is 0 Å². The van der Waals surface area contributed by atoms with Crippen molar-refractivity contribution in [1.82, 2.24) is 4.31 Å². The van der Waals surface area contributed by atoms with Crippen LogP contribution in [-0.4, -0.2) is 54.8 Å². The minimum atomic E-state index is -3.88. The lowest BCUT2D eigenvalue weighted by Gasteiger charge is -2.39. The zero-order chi connectivity index (χ0) is 19.0. The molecular weight excluding hydrogens is 354 g/mol. The normalized spacial score (nSPS) is 22.7. The fourth-order valence-corrected chi connectivity index (χ4v) is 5.91. The highest BCUT2D eigenvalue weighted by Gasteiger charge is 2.54. The van der Waals surface area contributed by atoms with E-state index in [1.807, 2.05) is 0 Å². The molecule has 2 fully saturated rings. The third kappa shape index (κ3) is 4.87. The maximum Gasteiger partial charge on any atom is 0.326 e. The monoisotopic (exact) mass is 387 g/mol. The Labute approximate surface area is 157 Å². The van der Waals surface area contributed by atoms with Gasteiger partial charge >= 0.3 is 5.97 Å². The molecule has 2 saturated heterocycles. The predicted octanol–water partition coefficient (Wildman–Crippen LogP) is 3.19. The van der Waals surface area contributed by atoms with Crippen LogP contribution in [0.25, 0.3) is 0 Å². The molecule has 2 aliphatic rings. The highest BCUT2D eigenvalue weighted by Crippen LogP contribution is 2.35. The first-order chi connectivity index (χ1) is 12.4. The summed E-state index contributed by atoms with van der Waals surface area (Å²) in [6, 6.07) is 0. The van der Waals surface area contributed by atoms with Crippen molar-refractivity contribution in [1.29, 1.82) is 0 Å². The lowest BCUT2D eigenvalue weighted by atomic mass is 9.97. The average molecular weight is 388 g/mol. The number of ether oxygens (including phenoxy) is 1. The molecule has 2 rings (SSSR count). The number of unbranched alkanes of at least 4 members (excludes halogenated alkanes) is 4. The van der Waals surface area contributed by atoms with Crippen molar-refractivity contribution in [3.63, 3.8) is 0 Å². The molecule has 0 atom stereocenters. The van der Waals surface area contributed by atoms with Crippen LogP contribution >= 0.6 is 0 Å². The molecule has 1 N–H and O–H groups in total. The summed E-state index contributed by atoms with van der Waals surface area (Å²) < 4.78 is 31.0. The molecule has 2 heterocycles. The van der Waals surface area contributed by atoms with Gasteiger partial charge in [-0.1, -0.05) is 38.3 Å². The largest absolute Gasteiger partial charge is 0.480 e. The Kier molecular flexibility index (Phi) is 8.10. The molecule has 7 heteroatoms. The lowest BCUT2D eigenvalue weighted by Crippen LogP contribution is -2.57. The van der Waals surface area contributed by atoms with Crippen molar-refractivity contribution in [3.05, 3.63) is 12.2 Å². The van der Waals surface area contributed by atoms with Crippen molar-refractivity contribution >= 4 is 16.0 Å². The Morgan fingerprint density at radius 1 is 1.19 bits per heavy atom. The average Bonchev–Trinajstić information content (AvgIpc) is 2.65. The van der Waals surface area contributed by atoms with Crippen LogP contribution in [0.4, 0.5) is 0 Å². The third-order valence-corrected chi connectivity index (χ3v) is 8.27. The van der Waals surface area contributed by atoms with E-state index in [1.54, 1.807) is 0 Å². The molecule has 150 valence electrons. The first-order valence-electron chi connectivity index (χ1n) is 9.91. The van der Waals surface area contributed by atoms with Crippen LogP contribution in [0.1, 0.15) is 64.7 Å². The summed E-state index contributed by atoms with van der Waals surface area (Å²) in [6.07, 6.45) is 12.1. The van der Waals surface area contributed by atoms with E-state index in [9.17, 15) is 18.3 Å². The summed E-state index contributed by atoms with van der Waals surface area (Å²) in [5.41, 5.74) is 0. The molecule has 26 heavy (non-hydrogen) atoms. The van der Waals surface area contributed by atoms with E-state index in [0.29, 0.717) is 19.0 Å². The molecule has 0 aliphatic carbocycles. The number of piperidine rings is 1. The Morgan fingerprint density at radius 3 is 2.42 bits per heavy atom. The molecular formula is C19H33NO5S. The summed E-state index contributed by atoms with van der Waals surface area (Å²) in [6.45, 7) is 3.38. The van der Waals surface area contributed by atoms with E-state index in [-0.39, 0.29) is 26.1 Å². The number of carboxylic acid groups (broad SMARTS) is 1. The van der Waals surface area contributed by atoms with Crippen LogP contribution in [0.2, 0.25) is 0 Å². The quantitative estimate of drug-likeness (QED) is 0.485. The second-order valence-electron chi connectivity index (χ2n) is 7.43.